The molecule has 0 atom stereocenters. The van der Waals surface area contributed by atoms with Crippen molar-refractivity contribution >= 4 is 28.3 Å². The van der Waals surface area contributed by atoms with Gasteiger partial charge in [-0.1, -0.05) is 17.7 Å². The third-order valence-electron chi connectivity index (χ3n) is 3.91. The van der Waals surface area contributed by atoms with E-state index in [0.29, 0.717) is 28.3 Å². The predicted octanol–water partition coefficient (Wildman–Crippen LogP) is 4.73. The van der Waals surface area contributed by atoms with Crippen LogP contribution in [0.3, 0.4) is 0 Å². The van der Waals surface area contributed by atoms with Crippen molar-refractivity contribution in [3.8, 4) is 22.5 Å². The van der Waals surface area contributed by atoms with Crippen LogP contribution < -0.4 is 5.73 Å². The first-order chi connectivity index (χ1) is 12.1. The number of hydrogen-bond donors (Lipinski definition) is 1. The van der Waals surface area contributed by atoms with Gasteiger partial charge in [0.1, 0.15) is 17.2 Å². The lowest BCUT2D eigenvalue weighted by Gasteiger charge is -2.10. The quantitative estimate of drug-likeness (QED) is 0.567. The minimum absolute atomic E-state index is 0.0500. The number of halogens is 2. The Labute approximate surface area is 148 Å². The summed E-state index contributed by atoms with van der Waals surface area (Å²) < 4.78 is 13.5. The van der Waals surface area contributed by atoms with E-state index < -0.39 is 5.82 Å². The van der Waals surface area contributed by atoms with Crippen molar-refractivity contribution in [3.63, 3.8) is 0 Å². The van der Waals surface area contributed by atoms with Crippen molar-refractivity contribution < 1.29 is 4.39 Å². The van der Waals surface area contributed by atoms with Crippen molar-refractivity contribution in [1.29, 1.82) is 0 Å². The van der Waals surface area contributed by atoms with Crippen LogP contribution in [0.15, 0.2) is 60.9 Å². The number of nitrogen functional groups attached to an aromatic ring is 1. The van der Waals surface area contributed by atoms with E-state index in [1.54, 1.807) is 24.5 Å². The third kappa shape index (κ3) is 2.79. The number of fused-ring (bicyclic) bond motifs is 1. The number of anilines is 1. The van der Waals surface area contributed by atoms with E-state index in [2.05, 4.69) is 15.0 Å². The molecule has 0 aliphatic heterocycles. The Kier molecular flexibility index (Phi) is 3.78. The predicted molar refractivity (Wildman–Crippen MR) is 97.6 cm³/mol. The molecular formula is C19H12ClFN4. The maximum Gasteiger partial charge on any atom is 0.149 e. The summed E-state index contributed by atoms with van der Waals surface area (Å²) in [7, 11) is 0. The van der Waals surface area contributed by atoms with Crippen LogP contribution in [0, 0.1) is 5.82 Å². The zero-order chi connectivity index (χ0) is 17.4. The van der Waals surface area contributed by atoms with Crippen LogP contribution >= 0.6 is 11.6 Å². The SMILES string of the molecule is Nc1nccc2ccc(-c3cccnc3-c3ccc(F)c(Cl)c3)nc12. The lowest BCUT2D eigenvalue weighted by molar-refractivity contribution is 0.628. The Bertz CT molecular complexity index is 1100. The van der Waals surface area contributed by atoms with Gasteiger partial charge in [-0.25, -0.2) is 14.4 Å². The first kappa shape index (κ1) is 15.5. The minimum Gasteiger partial charge on any atom is -0.382 e. The highest BCUT2D eigenvalue weighted by atomic mass is 35.5. The third-order valence-corrected chi connectivity index (χ3v) is 4.20. The molecule has 0 radical (unpaired) electrons. The number of nitrogens with two attached hydrogens (primary N) is 1. The smallest absolute Gasteiger partial charge is 0.149 e. The van der Waals surface area contributed by atoms with E-state index in [4.69, 9.17) is 17.3 Å². The number of nitrogens with zero attached hydrogens (tertiary/aromatic N) is 3. The van der Waals surface area contributed by atoms with Crippen molar-refractivity contribution in [2.75, 3.05) is 5.73 Å². The fraction of sp³-hybridized carbons (Fsp3) is 0. The lowest BCUT2D eigenvalue weighted by atomic mass is 10.0. The Hall–Kier alpha value is -3.05. The summed E-state index contributed by atoms with van der Waals surface area (Å²) in [4.78, 5) is 13.2. The van der Waals surface area contributed by atoms with Crippen LogP contribution in [0.5, 0.6) is 0 Å². The molecule has 0 aliphatic rings. The zero-order valence-corrected chi connectivity index (χ0v) is 13.7. The van der Waals surface area contributed by atoms with Crippen molar-refractivity contribution in [2.24, 2.45) is 0 Å². The molecule has 3 heterocycles. The molecule has 6 heteroatoms. The van der Waals surface area contributed by atoms with E-state index in [9.17, 15) is 4.39 Å². The van der Waals surface area contributed by atoms with Crippen molar-refractivity contribution in [3.05, 3.63) is 71.8 Å². The second kappa shape index (κ2) is 6.11. The van der Waals surface area contributed by atoms with E-state index >= 15 is 0 Å². The minimum atomic E-state index is -0.467. The Balaban J connectivity index is 1.92. The molecule has 0 saturated heterocycles. The second-order valence-electron chi connectivity index (χ2n) is 5.49. The van der Waals surface area contributed by atoms with Gasteiger partial charge in [0.2, 0.25) is 0 Å². The number of aromatic nitrogens is 3. The van der Waals surface area contributed by atoms with Gasteiger partial charge in [0, 0.05) is 28.9 Å². The van der Waals surface area contributed by atoms with Gasteiger partial charge in [-0.05, 0) is 42.5 Å². The summed E-state index contributed by atoms with van der Waals surface area (Å²) in [6.07, 6.45) is 3.32. The molecule has 4 aromatic rings. The molecule has 0 amide bonds. The second-order valence-corrected chi connectivity index (χ2v) is 5.90. The fourth-order valence-corrected chi connectivity index (χ4v) is 2.88. The number of pyridine rings is 3. The number of hydrogen-bond acceptors (Lipinski definition) is 4. The summed E-state index contributed by atoms with van der Waals surface area (Å²) in [5.41, 5.74) is 9.45. The Morgan fingerprint density at radius 2 is 1.84 bits per heavy atom. The van der Waals surface area contributed by atoms with Gasteiger partial charge in [-0.2, -0.15) is 0 Å². The molecule has 0 bridgehead atoms. The van der Waals surface area contributed by atoms with Crippen LogP contribution in [0.4, 0.5) is 10.2 Å². The molecule has 2 N–H and O–H groups in total. The van der Waals surface area contributed by atoms with Gasteiger partial charge in [-0.15, -0.1) is 0 Å². The first-order valence-electron chi connectivity index (χ1n) is 7.55. The van der Waals surface area contributed by atoms with E-state index in [0.717, 1.165) is 10.9 Å². The number of benzene rings is 1. The Morgan fingerprint density at radius 3 is 2.68 bits per heavy atom. The summed E-state index contributed by atoms with van der Waals surface area (Å²) in [5, 5.41) is 0.959. The van der Waals surface area contributed by atoms with Crippen molar-refractivity contribution in [1.82, 2.24) is 15.0 Å². The highest BCUT2D eigenvalue weighted by molar-refractivity contribution is 6.31. The molecule has 0 spiro atoms. The summed E-state index contributed by atoms with van der Waals surface area (Å²) in [5.74, 6) is -0.0970. The van der Waals surface area contributed by atoms with Crippen LogP contribution in [-0.2, 0) is 0 Å². The fourth-order valence-electron chi connectivity index (χ4n) is 2.70. The summed E-state index contributed by atoms with van der Waals surface area (Å²) >= 11 is 5.92. The average molecular weight is 351 g/mol. The summed E-state index contributed by atoms with van der Waals surface area (Å²) in [6.45, 7) is 0. The number of rotatable bonds is 2. The molecule has 0 aliphatic carbocycles. The molecule has 0 unspecified atom stereocenters. The van der Waals surface area contributed by atoms with E-state index in [1.165, 1.54) is 6.07 Å². The van der Waals surface area contributed by atoms with Crippen LogP contribution in [0.2, 0.25) is 5.02 Å². The maximum absolute atomic E-state index is 13.5. The topological polar surface area (TPSA) is 64.7 Å². The average Bonchev–Trinajstić information content (AvgIpc) is 2.64. The molecule has 3 aromatic heterocycles. The van der Waals surface area contributed by atoms with E-state index in [1.807, 2.05) is 30.3 Å². The van der Waals surface area contributed by atoms with Gasteiger partial charge < -0.3 is 5.73 Å². The molecule has 4 nitrogen and oxygen atoms in total. The van der Waals surface area contributed by atoms with Gasteiger partial charge in [0.05, 0.1) is 16.4 Å². The molecule has 0 saturated carbocycles. The van der Waals surface area contributed by atoms with E-state index in [-0.39, 0.29) is 5.02 Å². The lowest BCUT2D eigenvalue weighted by Crippen LogP contribution is -1.96. The molecule has 25 heavy (non-hydrogen) atoms. The Morgan fingerprint density at radius 1 is 0.960 bits per heavy atom. The molecular weight excluding hydrogens is 339 g/mol. The zero-order valence-electron chi connectivity index (χ0n) is 12.9. The molecule has 1 aromatic carbocycles. The highest BCUT2D eigenvalue weighted by Crippen LogP contribution is 2.32. The first-order valence-corrected chi connectivity index (χ1v) is 7.93. The van der Waals surface area contributed by atoms with Crippen LogP contribution in [-0.4, -0.2) is 15.0 Å². The standard InChI is InChI=1S/C19H12ClFN4/c20-14-10-12(3-5-15(14)21)17-13(2-1-8-23-17)16-6-4-11-7-9-24-19(22)18(11)25-16/h1-10H,(H2,22,24). The van der Waals surface area contributed by atoms with Gasteiger partial charge >= 0.3 is 0 Å². The van der Waals surface area contributed by atoms with Gasteiger partial charge in [0.15, 0.2) is 0 Å². The molecule has 122 valence electrons. The molecule has 0 fully saturated rings. The van der Waals surface area contributed by atoms with Crippen LogP contribution in [0.25, 0.3) is 33.4 Å². The van der Waals surface area contributed by atoms with Crippen molar-refractivity contribution in [2.45, 2.75) is 0 Å². The summed E-state index contributed by atoms with van der Waals surface area (Å²) in [6, 6.07) is 13.9. The normalized spacial score (nSPS) is 11.0. The highest BCUT2D eigenvalue weighted by Gasteiger charge is 2.12. The van der Waals surface area contributed by atoms with Gasteiger partial charge in [0.25, 0.3) is 0 Å². The maximum atomic E-state index is 13.5. The van der Waals surface area contributed by atoms with Gasteiger partial charge in [-0.3, -0.25) is 4.98 Å². The van der Waals surface area contributed by atoms with Crippen LogP contribution in [0.1, 0.15) is 0 Å². The monoisotopic (exact) mass is 350 g/mol. The largest absolute Gasteiger partial charge is 0.382 e. The molecule has 4 rings (SSSR count).